The van der Waals surface area contributed by atoms with Crippen LogP contribution in [0.25, 0.3) is 0 Å². The van der Waals surface area contributed by atoms with E-state index in [9.17, 15) is 9.59 Å². The molecule has 0 radical (unpaired) electrons. The summed E-state index contributed by atoms with van der Waals surface area (Å²) in [4.78, 5) is 33.9. The van der Waals surface area contributed by atoms with Crippen molar-refractivity contribution in [3.8, 4) is 0 Å². The van der Waals surface area contributed by atoms with Crippen molar-refractivity contribution in [1.29, 1.82) is 0 Å². The second-order valence-electron chi connectivity index (χ2n) is 9.70. The molecule has 0 unspecified atom stereocenters. The number of aryl methyl sites for hydroxylation is 1. The highest BCUT2D eigenvalue weighted by atomic mass is 35.5. The van der Waals surface area contributed by atoms with Gasteiger partial charge in [-0.25, -0.2) is 0 Å². The Labute approximate surface area is 210 Å². The van der Waals surface area contributed by atoms with Gasteiger partial charge in [-0.15, -0.1) is 0 Å². The van der Waals surface area contributed by atoms with E-state index in [0.29, 0.717) is 25.2 Å². The number of carbonyl (C=O) groups excluding carboxylic acids is 2. The van der Waals surface area contributed by atoms with E-state index in [2.05, 4.69) is 24.0 Å². The quantitative estimate of drug-likeness (QED) is 0.522. The number of halogens is 1. The summed E-state index contributed by atoms with van der Waals surface area (Å²) < 4.78 is 0. The molecule has 1 saturated heterocycles. The summed E-state index contributed by atoms with van der Waals surface area (Å²) in [5.41, 5.74) is 6.17. The molecule has 2 atom stereocenters. The van der Waals surface area contributed by atoms with Crippen molar-refractivity contribution >= 4 is 29.1 Å². The number of fused-ring (bicyclic) bond motifs is 4. The van der Waals surface area contributed by atoms with Crippen molar-refractivity contribution in [2.24, 2.45) is 0 Å². The molecule has 3 aromatic rings. The number of piperazine rings is 1. The molecule has 0 bridgehead atoms. The fraction of sp³-hybridized carbons (Fsp3) is 0.310. The van der Waals surface area contributed by atoms with E-state index >= 15 is 0 Å². The Kier molecular flexibility index (Phi) is 5.53. The third-order valence-electron chi connectivity index (χ3n) is 7.80. The van der Waals surface area contributed by atoms with E-state index in [1.807, 2.05) is 64.4 Å². The van der Waals surface area contributed by atoms with Gasteiger partial charge in [-0.1, -0.05) is 60.1 Å². The Morgan fingerprint density at radius 2 is 1.60 bits per heavy atom. The van der Waals surface area contributed by atoms with Crippen LogP contribution >= 0.6 is 11.6 Å². The Morgan fingerprint density at radius 3 is 2.40 bits per heavy atom. The lowest BCUT2D eigenvalue weighted by Gasteiger charge is -2.47. The van der Waals surface area contributed by atoms with E-state index in [-0.39, 0.29) is 17.9 Å². The molecule has 1 fully saturated rings. The predicted octanol–water partition coefficient (Wildman–Crippen LogP) is 4.83. The van der Waals surface area contributed by atoms with Gasteiger partial charge >= 0.3 is 0 Å². The van der Waals surface area contributed by atoms with Gasteiger partial charge in [0.1, 0.15) is 0 Å². The van der Waals surface area contributed by atoms with Crippen molar-refractivity contribution in [3.63, 3.8) is 0 Å². The largest absolute Gasteiger partial charge is 0.368 e. The molecule has 0 aliphatic carbocycles. The number of rotatable bonds is 2. The average Bonchev–Trinajstić information content (AvgIpc) is 2.90. The van der Waals surface area contributed by atoms with Crippen molar-refractivity contribution in [1.82, 2.24) is 9.80 Å². The van der Waals surface area contributed by atoms with Crippen LogP contribution in [0.5, 0.6) is 0 Å². The molecule has 0 saturated carbocycles. The Hall–Kier alpha value is -3.31. The Bertz CT molecular complexity index is 1310. The second kappa shape index (κ2) is 8.72. The molecule has 0 spiro atoms. The lowest BCUT2D eigenvalue weighted by Crippen LogP contribution is -2.54. The molecule has 6 rings (SSSR count). The van der Waals surface area contributed by atoms with Crippen LogP contribution in [0.3, 0.4) is 0 Å². The van der Waals surface area contributed by atoms with Crippen molar-refractivity contribution in [3.05, 3.63) is 99.6 Å². The van der Waals surface area contributed by atoms with Gasteiger partial charge in [-0.3, -0.25) is 9.59 Å². The van der Waals surface area contributed by atoms with Crippen LogP contribution in [-0.2, 0) is 11.2 Å². The van der Waals surface area contributed by atoms with Gasteiger partial charge in [0.05, 0.1) is 12.0 Å². The number of benzene rings is 3. The summed E-state index contributed by atoms with van der Waals surface area (Å²) in [6, 6.07) is 21.7. The van der Waals surface area contributed by atoms with Crippen molar-refractivity contribution in [2.45, 2.75) is 25.3 Å². The first-order valence-electron chi connectivity index (χ1n) is 12.3. The number of anilines is 1. The first-order chi connectivity index (χ1) is 17.0. The minimum atomic E-state index is -0.398. The monoisotopic (exact) mass is 485 g/mol. The predicted molar refractivity (Wildman–Crippen MR) is 138 cm³/mol. The number of carbonyl (C=O) groups is 2. The summed E-state index contributed by atoms with van der Waals surface area (Å²) in [5.74, 6) is -0.255. The molecule has 178 valence electrons. The zero-order valence-electron chi connectivity index (χ0n) is 19.8. The number of hydrogen-bond donors (Lipinski definition) is 0. The van der Waals surface area contributed by atoms with Crippen molar-refractivity contribution < 1.29 is 9.59 Å². The number of amides is 2. The summed E-state index contributed by atoms with van der Waals surface area (Å²) in [6.45, 7) is 5.53. The summed E-state index contributed by atoms with van der Waals surface area (Å²) in [7, 11) is 0. The number of hydrogen-bond acceptors (Lipinski definition) is 3. The van der Waals surface area contributed by atoms with Crippen LogP contribution in [0.2, 0.25) is 5.02 Å². The lowest BCUT2D eigenvalue weighted by molar-refractivity contribution is -0.135. The van der Waals surface area contributed by atoms with Crippen LogP contribution in [-0.4, -0.2) is 54.3 Å². The molecular weight excluding hydrogens is 458 g/mol. The molecule has 3 aliphatic heterocycles. The highest BCUT2D eigenvalue weighted by Crippen LogP contribution is 2.46. The molecule has 2 amide bonds. The molecule has 0 N–H and O–H groups in total. The van der Waals surface area contributed by atoms with Crippen LogP contribution in [0.1, 0.15) is 44.6 Å². The summed E-state index contributed by atoms with van der Waals surface area (Å²) in [5, 5.41) is 0.726. The first kappa shape index (κ1) is 22.2. The smallest absolute Gasteiger partial charge is 0.254 e. The molecular formula is C29H28ClN3O2. The van der Waals surface area contributed by atoms with Gasteiger partial charge in [0.2, 0.25) is 5.91 Å². The van der Waals surface area contributed by atoms with E-state index in [1.54, 1.807) is 0 Å². The van der Waals surface area contributed by atoms with E-state index < -0.39 is 5.92 Å². The van der Waals surface area contributed by atoms with E-state index in [4.69, 9.17) is 11.6 Å². The standard InChI is InChI=1S/C29H28ClN3O2/c1-19-10-11-21(30)18-25(19)31-14-16-32(17-15-31)29(35)26-23-8-4-5-9-24(23)28(34)33-13-12-20-6-2-3-7-22(20)27(26)33/h2-11,18,26-27H,12-17H2,1H3/t26-,27-/m1/s1. The second-order valence-corrected chi connectivity index (χ2v) is 10.1. The van der Waals surface area contributed by atoms with Gasteiger partial charge in [0, 0.05) is 49.0 Å². The van der Waals surface area contributed by atoms with Crippen LogP contribution in [0.15, 0.2) is 66.7 Å². The van der Waals surface area contributed by atoms with E-state index in [1.165, 1.54) is 11.1 Å². The molecule has 5 nitrogen and oxygen atoms in total. The summed E-state index contributed by atoms with van der Waals surface area (Å²) >= 11 is 6.26. The number of nitrogens with zero attached hydrogens (tertiary/aromatic N) is 3. The van der Waals surface area contributed by atoms with Gasteiger partial charge in [0.25, 0.3) is 5.91 Å². The highest BCUT2D eigenvalue weighted by Gasteiger charge is 2.47. The van der Waals surface area contributed by atoms with Crippen LogP contribution < -0.4 is 4.90 Å². The average molecular weight is 486 g/mol. The highest BCUT2D eigenvalue weighted by molar-refractivity contribution is 6.30. The molecule has 3 heterocycles. The fourth-order valence-electron chi connectivity index (χ4n) is 6.03. The van der Waals surface area contributed by atoms with Crippen molar-refractivity contribution in [2.75, 3.05) is 37.6 Å². The zero-order chi connectivity index (χ0) is 24.1. The van der Waals surface area contributed by atoms with Gasteiger partial charge in [0.15, 0.2) is 0 Å². The van der Waals surface area contributed by atoms with E-state index in [0.717, 1.165) is 41.3 Å². The van der Waals surface area contributed by atoms with Gasteiger partial charge in [-0.05, 0) is 53.8 Å². The topological polar surface area (TPSA) is 43.9 Å². The maximum atomic E-state index is 14.2. The molecule has 35 heavy (non-hydrogen) atoms. The Balaban J connectivity index is 1.33. The Morgan fingerprint density at radius 1 is 0.886 bits per heavy atom. The SMILES string of the molecule is Cc1ccc(Cl)cc1N1CCN(C(=O)[C@@H]2c3ccccc3C(=O)N3CCc4ccccc4[C@H]23)CC1. The minimum Gasteiger partial charge on any atom is -0.368 e. The normalized spacial score (nSPS) is 21.3. The fourth-order valence-corrected chi connectivity index (χ4v) is 6.20. The van der Waals surface area contributed by atoms with Crippen LogP contribution in [0.4, 0.5) is 5.69 Å². The van der Waals surface area contributed by atoms with Gasteiger partial charge < -0.3 is 14.7 Å². The summed E-state index contributed by atoms with van der Waals surface area (Å²) in [6.07, 6.45) is 0.819. The lowest BCUT2D eigenvalue weighted by atomic mass is 9.75. The third kappa shape index (κ3) is 3.69. The maximum Gasteiger partial charge on any atom is 0.254 e. The van der Waals surface area contributed by atoms with Gasteiger partial charge in [-0.2, -0.15) is 0 Å². The molecule has 0 aromatic heterocycles. The molecule has 6 heteroatoms. The molecule has 3 aliphatic rings. The maximum absolute atomic E-state index is 14.2. The van der Waals surface area contributed by atoms with Crippen LogP contribution in [0, 0.1) is 6.92 Å². The zero-order valence-corrected chi connectivity index (χ0v) is 20.5. The third-order valence-corrected chi connectivity index (χ3v) is 8.04. The minimum absolute atomic E-state index is 0.0328. The molecule has 3 aromatic carbocycles. The first-order valence-corrected chi connectivity index (χ1v) is 12.7.